The number of benzene rings is 3. The normalized spacial score (nSPS) is 13.2. The van der Waals surface area contributed by atoms with Crippen LogP contribution in [-0.4, -0.2) is 63.7 Å². The van der Waals surface area contributed by atoms with E-state index in [1.54, 1.807) is 32.4 Å². The molecule has 0 saturated carbocycles. The van der Waals surface area contributed by atoms with E-state index in [1.807, 2.05) is 55.1 Å². The van der Waals surface area contributed by atoms with Crippen molar-refractivity contribution in [3.8, 4) is 17.2 Å². The fourth-order valence-electron chi connectivity index (χ4n) is 4.46. The molecule has 1 heterocycles. The van der Waals surface area contributed by atoms with Crippen molar-refractivity contribution in [1.29, 1.82) is 0 Å². The zero-order valence-corrected chi connectivity index (χ0v) is 22.8. The van der Waals surface area contributed by atoms with E-state index in [0.29, 0.717) is 59.7 Å². The lowest BCUT2D eigenvalue weighted by atomic mass is 10.1. The quantitative estimate of drug-likeness (QED) is 0.438. The molecule has 1 aliphatic rings. The second-order valence-electron chi connectivity index (χ2n) is 9.16. The maximum absolute atomic E-state index is 13.1. The first-order chi connectivity index (χ1) is 18.3. The maximum Gasteiger partial charge on any atom is 0.262 e. The van der Waals surface area contributed by atoms with Crippen LogP contribution in [0.1, 0.15) is 21.5 Å². The number of nitrogens with one attached hydrogen (secondary N) is 1. The van der Waals surface area contributed by atoms with Crippen LogP contribution in [0.4, 0.5) is 11.4 Å². The van der Waals surface area contributed by atoms with Crippen LogP contribution in [0.15, 0.2) is 54.6 Å². The molecule has 3 aromatic carbocycles. The lowest BCUT2D eigenvalue weighted by Gasteiger charge is -2.36. The highest BCUT2D eigenvalue weighted by molar-refractivity contribution is 6.32. The number of hydrogen-bond acceptors (Lipinski definition) is 6. The maximum atomic E-state index is 13.1. The van der Waals surface area contributed by atoms with Crippen molar-refractivity contribution in [2.24, 2.45) is 0 Å². The number of nitrogens with zero attached hydrogens (tertiary/aromatic N) is 2. The molecule has 8 nitrogen and oxygen atoms in total. The topological polar surface area (TPSA) is 80.3 Å². The summed E-state index contributed by atoms with van der Waals surface area (Å²) in [6.07, 6.45) is 0. The van der Waals surface area contributed by atoms with Crippen LogP contribution in [0.3, 0.4) is 0 Å². The predicted octanol–water partition coefficient (Wildman–Crippen LogP) is 4.95. The van der Waals surface area contributed by atoms with Gasteiger partial charge in [0.1, 0.15) is 17.2 Å². The molecule has 0 bridgehead atoms. The number of rotatable bonds is 8. The number of carbonyl (C=O) groups excluding carboxylic acids is 2. The molecular formula is C29H32ClN3O5. The van der Waals surface area contributed by atoms with E-state index >= 15 is 0 Å². The molecule has 2 amide bonds. The van der Waals surface area contributed by atoms with Gasteiger partial charge in [0.05, 0.1) is 19.2 Å². The van der Waals surface area contributed by atoms with Crippen molar-refractivity contribution >= 4 is 34.8 Å². The number of carbonyl (C=O) groups is 2. The monoisotopic (exact) mass is 537 g/mol. The number of anilines is 2. The number of amides is 2. The largest absolute Gasteiger partial charge is 0.497 e. The van der Waals surface area contributed by atoms with E-state index < -0.39 is 0 Å². The molecule has 0 spiro atoms. The van der Waals surface area contributed by atoms with Gasteiger partial charge in [-0.3, -0.25) is 9.59 Å². The Kier molecular flexibility index (Phi) is 8.63. The Morgan fingerprint density at radius 3 is 2.11 bits per heavy atom. The van der Waals surface area contributed by atoms with Crippen LogP contribution in [0.2, 0.25) is 5.02 Å². The lowest BCUT2D eigenvalue weighted by Crippen LogP contribution is -2.48. The third kappa shape index (κ3) is 6.50. The van der Waals surface area contributed by atoms with Crippen LogP contribution in [-0.2, 0) is 4.79 Å². The molecule has 4 rings (SSSR count). The summed E-state index contributed by atoms with van der Waals surface area (Å²) in [4.78, 5) is 29.5. The van der Waals surface area contributed by atoms with Gasteiger partial charge in [-0.1, -0.05) is 17.7 Å². The third-order valence-electron chi connectivity index (χ3n) is 6.40. The van der Waals surface area contributed by atoms with Gasteiger partial charge in [-0.2, -0.15) is 0 Å². The van der Waals surface area contributed by atoms with Gasteiger partial charge in [-0.05, 0) is 67.4 Å². The summed E-state index contributed by atoms with van der Waals surface area (Å²) in [5.41, 5.74) is 4.16. The molecule has 0 radical (unpaired) electrons. The number of ether oxygens (including phenoxy) is 3. The number of halogens is 1. The predicted molar refractivity (Wildman–Crippen MR) is 149 cm³/mol. The first-order valence-corrected chi connectivity index (χ1v) is 12.7. The van der Waals surface area contributed by atoms with Gasteiger partial charge in [-0.25, -0.2) is 0 Å². The first kappa shape index (κ1) is 27.1. The van der Waals surface area contributed by atoms with E-state index in [1.165, 1.54) is 0 Å². The highest BCUT2D eigenvalue weighted by atomic mass is 35.5. The smallest absolute Gasteiger partial charge is 0.262 e. The number of piperazine rings is 1. The minimum Gasteiger partial charge on any atom is -0.497 e. The second-order valence-corrected chi connectivity index (χ2v) is 9.56. The Bertz CT molecular complexity index is 1260. The number of aryl methyl sites for hydroxylation is 2. The third-order valence-corrected chi connectivity index (χ3v) is 6.68. The first-order valence-electron chi connectivity index (χ1n) is 12.3. The average Bonchev–Trinajstić information content (AvgIpc) is 2.92. The van der Waals surface area contributed by atoms with E-state index in [-0.39, 0.29) is 18.4 Å². The molecule has 0 atom stereocenters. The Balaban J connectivity index is 1.29. The molecule has 1 saturated heterocycles. The SMILES string of the molecule is COc1cc(OC)cc(C(=O)N2CCN(c3ccc(NC(=O)COc4c(C)cc(C)cc4Cl)cc3)CC2)c1. The summed E-state index contributed by atoms with van der Waals surface area (Å²) in [5.74, 6) is 1.36. The molecule has 0 aliphatic carbocycles. The van der Waals surface area contributed by atoms with Crippen molar-refractivity contribution in [3.05, 3.63) is 76.3 Å². The molecule has 38 heavy (non-hydrogen) atoms. The van der Waals surface area contributed by atoms with Gasteiger partial charge in [0, 0.05) is 49.2 Å². The van der Waals surface area contributed by atoms with Crippen LogP contribution in [0.5, 0.6) is 17.2 Å². The van der Waals surface area contributed by atoms with Crippen molar-refractivity contribution in [1.82, 2.24) is 4.90 Å². The van der Waals surface area contributed by atoms with Gasteiger partial charge in [0.25, 0.3) is 11.8 Å². The molecular weight excluding hydrogens is 506 g/mol. The van der Waals surface area contributed by atoms with Crippen LogP contribution >= 0.6 is 11.6 Å². The van der Waals surface area contributed by atoms with E-state index in [9.17, 15) is 9.59 Å². The Morgan fingerprint density at radius 1 is 0.895 bits per heavy atom. The minimum atomic E-state index is -0.268. The summed E-state index contributed by atoms with van der Waals surface area (Å²) < 4.78 is 16.3. The van der Waals surface area contributed by atoms with Crippen molar-refractivity contribution in [2.45, 2.75) is 13.8 Å². The summed E-state index contributed by atoms with van der Waals surface area (Å²) in [5, 5.41) is 3.34. The number of methoxy groups -OCH3 is 2. The fraction of sp³-hybridized carbons (Fsp3) is 0.310. The summed E-state index contributed by atoms with van der Waals surface area (Å²) in [6, 6.07) is 16.6. The summed E-state index contributed by atoms with van der Waals surface area (Å²) in [6.45, 7) is 6.30. The molecule has 1 aliphatic heterocycles. The molecule has 1 N–H and O–H groups in total. The zero-order valence-electron chi connectivity index (χ0n) is 22.0. The Labute approximate surface area is 228 Å². The van der Waals surface area contributed by atoms with Crippen molar-refractivity contribution < 1.29 is 23.8 Å². The van der Waals surface area contributed by atoms with Crippen LogP contribution < -0.4 is 24.4 Å². The van der Waals surface area contributed by atoms with Gasteiger partial charge in [0.15, 0.2) is 6.61 Å². The highest BCUT2D eigenvalue weighted by Crippen LogP contribution is 2.30. The van der Waals surface area contributed by atoms with Gasteiger partial charge >= 0.3 is 0 Å². The lowest BCUT2D eigenvalue weighted by molar-refractivity contribution is -0.118. The Morgan fingerprint density at radius 2 is 1.53 bits per heavy atom. The van der Waals surface area contributed by atoms with Gasteiger partial charge < -0.3 is 29.3 Å². The van der Waals surface area contributed by atoms with E-state index in [2.05, 4.69) is 10.2 Å². The second kappa shape index (κ2) is 12.1. The summed E-state index contributed by atoms with van der Waals surface area (Å²) in [7, 11) is 3.13. The molecule has 3 aromatic rings. The van der Waals surface area contributed by atoms with Gasteiger partial charge in [-0.15, -0.1) is 0 Å². The van der Waals surface area contributed by atoms with Gasteiger partial charge in [0.2, 0.25) is 0 Å². The molecule has 0 unspecified atom stereocenters. The standard InChI is InChI=1S/C29H32ClN3O5/c1-19-13-20(2)28(26(30)14-19)38-18-27(34)31-22-5-7-23(8-6-22)32-9-11-33(12-10-32)29(35)21-15-24(36-3)17-25(16-21)37-4/h5-8,13-17H,9-12,18H2,1-4H3,(H,31,34). The van der Waals surface area contributed by atoms with Crippen LogP contribution in [0, 0.1) is 13.8 Å². The number of hydrogen-bond donors (Lipinski definition) is 1. The average molecular weight is 538 g/mol. The highest BCUT2D eigenvalue weighted by Gasteiger charge is 2.23. The fourth-order valence-corrected chi connectivity index (χ4v) is 4.83. The molecule has 200 valence electrons. The molecule has 9 heteroatoms. The molecule has 0 aromatic heterocycles. The molecule has 1 fully saturated rings. The van der Waals surface area contributed by atoms with E-state index in [0.717, 1.165) is 16.8 Å². The minimum absolute atomic E-state index is 0.0516. The van der Waals surface area contributed by atoms with Crippen molar-refractivity contribution in [2.75, 3.05) is 57.2 Å². The van der Waals surface area contributed by atoms with Crippen LogP contribution in [0.25, 0.3) is 0 Å². The Hall–Kier alpha value is -3.91. The summed E-state index contributed by atoms with van der Waals surface area (Å²) >= 11 is 6.26. The zero-order chi connectivity index (χ0) is 27.2. The van der Waals surface area contributed by atoms with Crippen molar-refractivity contribution in [3.63, 3.8) is 0 Å². The van der Waals surface area contributed by atoms with E-state index in [4.69, 9.17) is 25.8 Å².